The number of amides is 1. The number of hydrogen-bond donors (Lipinski definition) is 1. The molecule has 0 saturated carbocycles. The summed E-state index contributed by atoms with van der Waals surface area (Å²) in [7, 11) is 0. The fourth-order valence-corrected chi connectivity index (χ4v) is 1.10. The van der Waals surface area contributed by atoms with Crippen molar-refractivity contribution < 1.29 is 9.59 Å². The van der Waals surface area contributed by atoms with Gasteiger partial charge in [-0.05, 0) is 12.1 Å². The second-order valence-corrected chi connectivity index (χ2v) is 2.76. The predicted molar refractivity (Wildman–Crippen MR) is 49.8 cm³/mol. The van der Waals surface area contributed by atoms with Crippen LogP contribution in [0, 0.1) is 0 Å². The smallest absolute Gasteiger partial charge is 0.253 e. The largest absolute Gasteiger partial charge is 0.345 e. The van der Waals surface area contributed by atoms with Crippen molar-refractivity contribution in [3.05, 3.63) is 34.9 Å². The van der Waals surface area contributed by atoms with Gasteiger partial charge >= 0.3 is 0 Å². The molecule has 0 spiro atoms. The van der Waals surface area contributed by atoms with Crippen LogP contribution in [0.15, 0.2) is 24.3 Å². The van der Waals surface area contributed by atoms with E-state index in [1.165, 1.54) is 0 Å². The first-order valence-electron chi connectivity index (χ1n) is 3.72. The monoisotopic (exact) mass is 197 g/mol. The molecule has 1 N–H and O–H groups in total. The number of benzene rings is 1. The minimum atomic E-state index is -0.335. The maximum Gasteiger partial charge on any atom is 0.253 e. The van der Waals surface area contributed by atoms with E-state index in [-0.39, 0.29) is 12.5 Å². The molecule has 68 valence electrons. The lowest BCUT2D eigenvalue weighted by atomic mass is 10.2. The van der Waals surface area contributed by atoms with E-state index in [0.717, 1.165) is 0 Å². The van der Waals surface area contributed by atoms with E-state index in [1.807, 2.05) is 0 Å². The molecule has 3 nitrogen and oxygen atoms in total. The van der Waals surface area contributed by atoms with E-state index in [9.17, 15) is 9.59 Å². The molecule has 1 rings (SSSR count). The van der Waals surface area contributed by atoms with Crippen molar-refractivity contribution in [3.63, 3.8) is 0 Å². The lowest BCUT2D eigenvalue weighted by Crippen LogP contribution is -2.25. The van der Waals surface area contributed by atoms with Gasteiger partial charge in [-0.3, -0.25) is 4.79 Å². The molecule has 1 aromatic rings. The Hall–Kier alpha value is -1.35. The van der Waals surface area contributed by atoms with Crippen LogP contribution >= 0.6 is 11.6 Å². The second kappa shape index (κ2) is 4.62. The summed E-state index contributed by atoms with van der Waals surface area (Å²) >= 11 is 5.75. The summed E-state index contributed by atoms with van der Waals surface area (Å²) in [6.07, 6.45) is 0.620. The van der Waals surface area contributed by atoms with Gasteiger partial charge in [0, 0.05) is 0 Å². The van der Waals surface area contributed by atoms with Crippen LogP contribution in [0.4, 0.5) is 0 Å². The molecule has 1 aromatic carbocycles. The highest BCUT2D eigenvalue weighted by Crippen LogP contribution is 2.13. The van der Waals surface area contributed by atoms with Gasteiger partial charge in [0.05, 0.1) is 17.1 Å². The highest BCUT2D eigenvalue weighted by molar-refractivity contribution is 6.33. The Morgan fingerprint density at radius 2 is 2.15 bits per heavy atom. The highest BCUT2D eigenvalue weighted by Gasteiger charge is 2.07. The Kier molecular flexibility index (Phi) is 3.46. The quantitative estimate of drug-likeness (QED) is 0.742. The highest BCUT2D eigenvalue weighted by atomic mass is 35.5. The third-order valence-corrected chi connectivity index (χ3v) is 1.79. The summed E-state index contributed by atoms with van der Waals surface area (Å²) in [4.78, 5) is 21.2. The van der Waals surface area contributed by atoms with Gasteiger partial charge < -0.3 is 10.1 Å². The average Bonchev–Trinajstić information content (AvgIpc) is 2.15. The summed E-state index contributed by atoms with van der Waals surface area (Å²) in [5, 5.41) is 2.78. The summed E-state index contributed by atoms with van der Waals surface area (Å²) in [5.74, 6) is -0.335. The third-order valence-electron chi connectivity index (χ3n) is 1.46. The molecule has 0 unspecified atom stereocenters. The minimum absolute atomic E-state index is 0.00402. The van der Waals surface area contributed by atoms with E-state index in [4.69, 9.17) is 11.6 Å². The van der Waals surface area contributed by atoms with E-state index in [0.29, 0.717) is 16.9 Å². The second-order valence-electron chi connectivity index (χ2n) is 2.36. The van der Waals surface area contributed by atoms with Crippen LogP contribution in [0.1, 0.15) is 10.4 Å². The van der Waals surface area contributed by atoms with Crippen LogP contribution < -0.4 is 5.32 Å². The van der Waals surface area contributed by atoms with Gasteiger partial charge in [0.25, 0.3) is 5.91 Å². The topological polar surface area (TPSA) is 46.2 Å². The van der Waals surface area contributed by atoms with E-state index in [2.05, 4.69) is 5.32 Å². The number of carbonyl (C=O) groups is 2. The van der Waals surface area contributed by atoms with E-state index in [1.54, 1.807) is 24.3 Å². The normalized spacial score (nSPS) is 9.31. The minimum Gasteiger partial charge on any atom is -0.345 e. The van der Waals surface area contributed by atoms with Crippen molar-refractivity contribution in [2.45, 2.75) is 0 Å². The van der Waals surface area contributed by atoms with Gasteiger partial charge in [0.1, 0.15) is 6.29 Å². The van der Waals surface area contributed by atoms with E-state index < -0.39 is 0 Å². The zero-order valence-corrected chi connectivity index (χ0v) is 7.54. The SMILES string of the molecule is O=CCNC(=O)c1ccccc1Cl. The maximum atomic E-state index is 11.3. The zero-order valence-electron chi connectivity index (χ0n) is 6.79. The molecule has 0 fully saturated rings. The number of hydrogen-bond acceptors (Lipinski definition) is 2. The molecular formula is C9H8ClNO2. The zero-order chi connectivity index (χ0) is 9.68. The lowest BCUT2D eigenvalue weighted by molar-refractivity contribution is -0.107. The molecule has 1 amide bonds. The molecule has 0 heterocycles. The molecule has 0 aliphatic carbocycles. The van der Waals surface area contributed by atoms with Crippen molar-refractivity contribution >= 4 is 23.8 Å². The van der Waals surface area contributed by atoms with Crippen molar-refractivity contribution in [2.75, 3.05) is 6.54 Å². The fraction of sp³-hybridized carbons (Fsp3) is 0.111. The Morgan fingerprint density at radius 1 is 1.46 bits per heavy atom. The molecule has 4 heteroatoms. The molecular weight excluding hydrogens is 190 g/mol. The van der Waals surface area contributed by atoms with Crippen LogP contribution in [0.3, 0.4) is 0 Å². The van der Waals surface area contributed by atoms with Gasteiger partial charge in [-0.1, -0.05) is 23.7 Å². The predicted octanol–water partition coefficient (Wildman–Crippen LogP) is 1.27. The van der Waals surface area contributed by atoms with Crippen molar-refractivity contribution in [3.8, 4) is 0 Å². The molecule has 0 atom stereocenters. The van der Waals surface area contributed by atoms with E-state index >= 15 is 0 Å². The molecule has 0 bridgehead atoms. The number of aldehydes is 1. The first-order valence-corrected chi connectivity index (χ1v) is 4.10. The molecule has 0 radical (unpaired) electrons. The molecule has 13 heavy (non-hydrogen) atoms. The summed E-state index contributed by atoms with van der Waals surface area (Å²) < 4.78 is 0. The number of rotatable bonds is 3. The first kappa shape index (κ1) is 9.74. The summed E-state index contributed by atoms with van der Waals surface area (Å²) in [5.41, 5.74) is 0.381. The van der Waals surface area contributed by atoms with Gasteiger partial charge in [-0.25, -0.2) is 0 Å². The number of halogens is 1. The van der Waals surface area contributed by atoms with Crippen LogP contribution in [0.2, 0.25) is 5.02 Å². The summed E-state index contributed by atoms with van der Waals surface area (Å²) in [6.45, 7) is 0.00402. The molecule has 0 aliphatic rings. The Morgan fingerprint density at radius 3 is 2.77 bits per heavy atom. The Labute approximate surface area is 80.7 Å². The van der Waals surface area contributed by atoms with Gasteiger partial charge in [-0.2, -0.15) is 0 Å². The average molecular weight is 198 g/mol. The van der Waals surface area contributed by atoms with Crippen LogP contribution in [-0.2, 0) is 4.79 Å². The van der Waals surface area contributed by atoms with Gasteiger partial charge in [-0.15, -0.1) is 0 Å². The third kappa shape index (κ3) is 2.56. The number of nitrogens with one attached hydrogen (secondary N) is 1. The lowest BCUT2D eigenvalue weighted by Gasteiger charge is -2.02. The molecule has 0 aromatic heterocycles. The Balaban J connectivity index is 2.76. The molecule has 0 saturated heterocycles. The first-order chi connectivity index (χ1) is 6.25. The molecule has 0 aliphatic heterocycles. The van der Waals surface area contributed by atoms with Crippen molar-refractivity contribution in [1.29, 1.82) is 0 Å². The number of carbonyl (C=O) groups excluding carboxylic acids is 2. The van der Waals surface area contributed by atoms with Crippen molar-refractivity contribution in [2.24, 2.45) is 0 Å². The Bertz CT molecular complexity index is 325. The van der Waals surface area contributed by atoms with Crippen LogP contribution in [0.5, 0.6) is 0 Å². The van der Waals surface area contributed by atoms with Crippen molar-refractivity contribution in [1.82, 2.24) is 5.32 Å². The standard InChI is InChI=1S/C9H8ClNO2/c10-8-4-2-1-3-7(8)9(13)11-5-6-12/h1-4,6H,5H2,(H,11,13). The van der Waals surface area contributed by atoms with Gasteiger partial charge in [0.2, 0.25) is 0 Å². The van der Waals surface area contributed by atoms with Gasteiger partial charge in [0.15, 0.2) is 0 Å². The fourth-order valence-electron chi connectivity index (χ4n) is 0.875. The summed E-state index contributed by atoms with van der Waals surface area (Å²) in [6, 6.07) is 6.67. The van der Waals surface area contributed by atoms with Crippen LogP contribution in [-0.4, -0.2) is 18.7 Å². The maximum absolute atomic E-state index is 11.3. The van der Waals surface area contributed by atoms with Crippen LogP contribution in [0.25, 0.3) is 0 Å².